The number of hydrogen-bond donors (Lipinski definition) is 1. The van der Waals surface area contributed by atoms with E-state index in [1.807, 2.05) is 48.2 Å². The van der Waals surface area contributed by atoms with Gasteiger partial charge in [0, 0.05) is 5.69 Å². The van der Waals surface area contributed by atoms with Gasteiger partial charge < -0.3 is 10.6 Å². The SMILES string of the molecule is Cc1cc(F)ccc1C1CN=C(N)N1c1ccccc1. The number of benzene rings is 2. The van der Waals surface area contributed by atoms with E-state index in [4.69, 9.17) is 5.73 Å². The minimum Gasteiger partial charge on any atom is -0.369 e. The van der Waals surface area contributed by atoms with Gasteiger partial charge in [0.15, 0.2) is 5.96 Å². The summed E-state index contributed by atoms with van der Waals surface area (Å²) in [7, 11) is 0. The lowest BCUT2D eigenvalue weighted by atomic mass is 10.00. The van der Waals surface area contributed by atoms with Crippen molar-refractivity contribution in [2.24, 2.45) is 10.7 Å². The van der Waals surface area contributed by atoms with Crippen molar-refractivity contribution < 1.29 is 4.39 Å². The van der Waals surface area contributed by atoms with Crippen molar-refractivity contribution in [3.8, 4) is 0 Å². The minimum absolute atomic E-state index is 0.0259. The molecule has 1 heterocycles. The smallest absolute Gasteiger partial charge is 0.196 e. The van der Waals surface area contributed by atoms with Gasteiger partial charge in [-0.05, 0) is 42.3 Å². The quantitative estimate of drug-likeness (QED) is 0.910. The molecule has 2 N–H and O–H groups in total. The zero-order chi connectivity index (χ0) is 14.1. The highest BCUT2D eigenvalue weighted by Crippen LogP contribution is 2.32. The van der Waals surface area contributed by atoms with Gasteiger partial charge in [-0.15, -0.1) is 0 Å². The predicted octanol–water partition coefficient (Wildman–Crippen LogP) is 3.01. The number of rotatable bonds is 2. The summed E-state index contributed by atoms with van der Waals surface area (Å²) in [5.41, 5.74) is 8.99. The van der Waals surface area contributed by atoms with Gasteiger partial charge in [-0.25, -0.2) is 4.39 Å². The Kier molecular flexibility index (Phi) is 3.14. The van der Waals surface area contributed by atoms with Crippen LogP contribution in [0.15, 0.2) is 53.5 Å². The van der Waals surface area contributed by atoms with Crippen LogP contribution in [0.5, 0.6) is 0 Å². The molecule has 0 saturated carbocycles. The summed E-state index contributed by atoms with van der Waals surface area (Å²) in [6.07, 6.45) is 0. The standard InChI is InChI=1S/C16H16FN3/c1-11-9-12(17)7-8-14(11)15-10-19-16(18)20(15)13-5-3-2-4-6-13/h2-9,15H,10H2,1H3,(H2,18,19). The molecular weight excluding hydrogens is 253 g/mol. The molecule has 3 nitrogen and oxygen atoms in total. The van der Waals surface area contributed by atoms with Crippen LogP contribution in [0.1, 0.15) is 17.2 Å². The second-order valence-electron chi connectivity index (χ2n) is 4.92. The van der Waals surface area contributed by atoms with Crippen LogP contribution in [0.4, 0.5) is 10.1 Å². The molecule has 0 saturated heterocycles. The van der Waals surface area contributed by atoms with Crippen LogP contribution in [0.2, 0.25) is 0 Å². The highest BCUT2D eigenvalue weighted by atomic mass is 19.1. The molecule has 0 radical (unpaired) electrons. The molecule has 2 aromatic rings. The second kappa shape index (κ2) is 4.96. The highest BCUT2D eigenvalue weighted by Gasteiger charge is 2.29. The van der Waals surface area contributed by atoms with Crippen molar-refractivity contribution in [1.29, 1.82) is 0 Å². The van der Waals surface area contributed by atoms with Gasteiger partial charge in [0.1, 0.15) is 5.82 Å². The van der Waals surface area contributed by atoms with Crippen LogP contribution >= 0.6 is 0 Å². The molecule has 1 unspecified atom stereocenters. The van der Waals surface area contributed by atoms with Crippen LogP contribution in [-0.2, 0) is 0 Å². The number of nitrogens with two attached hydrogens (primary N) is 1. The van der Waals surface area contributed by atoms with E-state index in [1.54, 1.807) is 6.07 Å². The monoisotopic (exact) mass is 269 g/mol. The van der Waals surface area contributed by atoms with Crippen molar-refractivity contribution >= 4 is 11.6 Å². The highest BCUT2D eigenvalue weighted by molar-refractivity contribution is 5.97. The van der Waals surface area contributed by atoms with Gasteiger partial charge in [-0.3, -0.25) is 4.99 Å². The van der Waals surface area contributed by atoms with Gasteiger partial charge in [0.2, 0.25) is 0 Å². The molecule has 102 valence electrons. The van der Waals surface area contributed by atoms with Crippen LogP contribution in [0.25, 0.3) is 0 Å². The van der Waals surface area contributed by atoms with Gasteiger partial charge in [0.05, 0.1) is 12.6 Å². The largest absolute Gasteiger partial charge is 0.369 e. The maximum absolute atomic E-state index is 13.3. The van der Waals surface area contributed by atoms with E-state index < -0.39 is 0 Å². The summed E-state index contributed by atoms with van der Waals surface area (Å²) in [6, 6.07) is 14.8. The van der Waals surface area contributed by atoms with Crippen LogP contribution in [-0.4, -0.2) is 12.5 Å². The third-order valence-electron chi connectivity index (χ3n) is 3.61. The number of aliphatic imine (C=N–C) groups is 1. The number of hydrogen-bond acceptors (Lipinski definition) is 3. The van der Waals surface area contributed by atoms with Crippen molar-refractivity contribution in [2.45, 2.75) is 13.0 Å². The zero-order valence-electron chi connectivity index (χ0n) is 11.3. The number of guanidine groups is 1. The molecule has 0 fully saturated rings. The van der Waals surface area contributed by atoms with Crippen molar-refractivity contribution in [1.82, 2.24) is 0 Å². The topological polar surface area (TPSA) is 41.6 Å². The van der Waals surface area contributed by atoms with E-state index in [-0.39, 0.29) is 11.9 Å². The fraction of sp³-hybridized carbons (Fsp3) is 0.188. The molecule has 0 aromatic heterocycles. The number of nitrogens with zero attached hydrogens (tertiary/aromatic N) is 2. The zero-order valence-corrected chi connectivity index (χ0v) is 11.3. The molecule has 20 heavy (non-hydrogen) atoms. The van der Waals surface area contributed by atoms with E-state index in [2.05, 4.69) is 4.99 Å². The maximum Gasteiger partial charge on any atom is 0.196 e. The Hall–Kier alpha value is -2.36. The summed E-state index contributed by atoms with van der Waals surface area (Å²) < 4.78 is 13.3. The number of halogens is 1. The Labute approximate surface area is 117 Å². The molecule has 0 aliphatic carbocycles. The Morgan fingerprint density at radius 2 is 1.95 bits per heavy atom. The van der Waals surface area contributed by atoms with Crippen molar-refractivity contribution in [2.75, 3.05) is 11.4 Å². The Morgan fingerprint density at radius 1 is 1.20 bits per heavy atom. The minimum atomic E-state index is -0.218. The van der Waals surface area contributed by atoms with Crippen LogP contribution in [0, 0.1) is 12.7 Å². The molecule has 1 aliphatic rings. The number of anilines is 1. The molecule has 3 rings (SSSR count). The van der Waals surface area contributed by atoms with Crippen LogP contribution < -0.4 is 10.6 Å². The van der Waals surface area contributed by atoms with Gasteiger partial charge in [0.25, 0.3) is 0 Å². The maximum atomic E-state index is 13.3. The summed E-state index contributed by atoms with van der Waals surface area (Å²) in [5, 5.41) is 0. The van der Waals surface area contributed by atoms with Gasteiger partial charge >= 0.3 is 0 Å². The average molecular weight is 269 g/mol. The van der Waals surface area contributed by atoms with Gasteiger partial charge in [-0.1, -0.05) is 24.3 Å². The first-order valence-corrected chi connectivity index (χ1v) is 6.57. The van der Waals surface area contributed by atoms with E-state index in [0.29, 0.717) is 12.5 Å². The summed E-state index contributed by atoms with van der Waals surface area (Å²) >= 11 is 0. The lowest BCUT2D eigenvalue weighted by molar-refractivity contribution is 0.623. The lowest BCUT2D eigenvalue weighted by Gasteiger charge is -2.27. The second-order valence-corrected chi connectivity index (χ2v) is 4.92. The normalized spacial score (nSPS) is 18.2. The molecular formula is C16H16FN3. The van der Waals surface area contributed by atoms with Gasteiger partial charge in [-0.2, -0.15) is 0 Å². The fourth-order valence-electron chi connectivity index (χ4n) is 2.65. The molecule has 1 atom stereocenters. The molecule has 4 heteroatoms. The first-order chi connectivity index (χ1) is 9.66. The summed E-state index contributed by atoms with van der Waals surface area (Å²) in [6.45, 7) is 2.50. The summed E-state index contributed by atoms with van der Waals surface area (Å²) in [4.78, 5) is 6.34. The van der Waals surface area contributed by atoms with Crippen molar-refractivity contribution in [3.63, 3.8) is 0 Å². The van der Waals surface area contributed by atoms with E-state index in [0.717, 1.165) is 16.8 Å². The number of aryl methyl sites for hydroxylation is 1. The third-order valence-corrected chi connectivity index (χ3v) is 3.61. The number of para-hydroxylation sites is 1. The van der Waals surface area contributed by atoms with E-state index in [1.165, 1.54) is 6.07 Å². The third kappa shape index (κ3) is 2.13. The Bertz CT molecular complexity index is 652. The Balaban J connectivity index is 2.01. The van der Waals surface area contributed by atoms with E-state index >= 15 is 0 Å². The van der Waals surface area contributed by atoms with Crippen LogP contribution in [0.3, 0.4) is 0 Å². The molecule has 0 bridgehead atoms. The van der Waals surface area contributed by atoms with Crippen molar-refractivity contribution in [3.05, 3.63) is 65.5 Å². The lowest BCUT2D eigenvalue weighted by Crippen LogP contribution is -2.36. The molecule has 0 spiro atoms. The Morgan fingerprint density at radius 3 is 2.65 bits per heavy atom. The summed E-state index contributed by atoms with van der Waals surface area (Å²) in [5.74, 6) is 0.286. The molecule has 0 amide bonds. The first kappa shape index (κ1) is 12.7. The van der Waals surface area contributed by atoms with E-state index in [9.17, 15) is 4.39 Å². The average Bonchev–Trinajstić information content (AvgIpc) is 2.81. The molecule has 2 aromatic carbocycles. The first-order valence-electron chi connectivity index (χ1n) is 6.57. The fourth-order valence-corrected chi connectivity index (χ4v) is 2.65. The predicted molar refractivity (Wildman–Crippen MR) is 79.3 cm³/mol. The molecule has 1 aliphatic heterocycles.